The summed E-state index contributed by atoms with van der Waals surface area (Å²) in [5.74, 6) is -0.638. The lowest BCUT2D eigenvalue weighted by atomic mass is 10.2. The predicted octanol–water partition coefficient (Wildman–Crippen LogP) is 2.97. The number of methoxy groups -OCH3 is 1. The van der Waals surface area contributed by atoms with E-state index in [1.54, 1.807) is 0 Å². The van der Waals surface area contributed by atoms with Crippen LogP contribution in [0.1, 0.15) is 10.4 Å². The smallest absolute Gasteiger partial charge is 0.337 e. The van der Waals surface area contributed by atoms with E-state index in [2.05, 4.69) is 4.74 Å². The molecule has 0 atom stereocenters. The highest BCUT2D eigenvalue weighted by molar-refractivity contribution is 7.89. The van der Waals surface area contributed by atoms with E-state index < -0.39 is 21.8 Å². The largest absolute Gasteiger partial charge is 0.492 e. The first-order chi connectivity index (χ1) is 12.3. The molecular weight excluding hydrogens is 385 g/mol. The Morgan fingerprint density at radius 3 is 2.46 bits per heavy atom. The van der Waals surface area contributed by atoms with Crippen LogP contribution in [-0.2, 0) is 14.8 Å². The number of hydrogen-bond donors (Lipinski definition) is 0. The summed E-state index contributed by atoms with van der Waals surface area (Å²) in [7, 11) is -1.38. The van der Waals surface area contributed by atoms with Gasteiger partial charge in [0.1, 0.15) is 23.1 Å². The quantitative estimate of drug-likeness (QED) is 0.667. The van der Waals surface area contributed by atoms with Crippen LogP contribution in [0, 0.1) is 5.82 Å². The van der Waals surface area contributed by atoms with Crippen LogP contribution in [0.2, 0.25) is 5.02 Å². The van der Waals surface area contributed by atoms with Crippen molar-refractivity contribution in [2.24, 2.45) is 0 Å². The molecule has 0 spiro atoms. The molecule has 2 aromatic rings. The minimum atomic E-state index is -3.94. The van der Waals surface area contributed by atoms with Crippen molar-refractivity contribution >= 4 is 27.6 Å². The molecule has 0 unspecified atom stereocenters. The van der Waals surface area contributed by atoms with Crippen molar-refractivity contribution < 1.29 is 27.1 Å². The lowest BCUT2D eigenvalue weighted by molar-refractivity contribution is 0.0600. The molecular formula is C17H17ClFNO5S. The molecule has 0 aliphatic carbocycles. The molecule has 2 rings (SSSR count). The van der Waals surface area contributed by atoms with Gasteiger partial charge in [-0.15, -0.1) is 0 Å². The Bertz CT molecular complexity index is 887. The van der Waals surface area contributed by atoms with E-state index in [9.17, 15) is 17.6 Å². The zero-order chi connectivity index (χ0) is 19.3. The number of rotatable bonds is 7. The second-order valence-corrected chi connectivity index (χ2v) is 7.69. The molecule has 26 heavy (non-hydrogen) atoms. The number of nitrogens with zero attached hydrogens (tertiary/aromatic N) is 1. The number of benzene rings is 2. The summed E-state index contributed by atoms with van der Waals surface area (Å²) in [6, 6.07) is 9.25. The second-order valence-electron chi connectivity index (χ2n) is 5.27. The van der Waals surface area contributed by atoms with Crippen LogP contribution in [-0.4, -0.2) is 46.0 Å². The number of carbonyl (C=O) groups is 1. The molecule has 0 aromatic heterocycles. The summed E-state index contributed by atoms with van der Waals surface area (Å²) >= 11 is 5.99. The molecule has 0 bridgehead atoms. The number of esters is 1. The molecule has 0 saturated carbocycles. The van der Waals surface area contributed by atoms with Crippen LogP contribution in [0.3, 0.4) is 0 Å². The Morgan fingerprint density at radius 1 is 1.19 bits per heavy atom. The molecule has 0 amide bonds. The first-order valence-corrected chi connectivity index (χ1v) is 9.30. The van der Waals surface area contributed by atoms with Crippen LogP contribution in [0.25, 0.3) is 0 Å². The van der Waals surface area contributed by atoms with Crippen molar-refractivity contribution in [3.8, 4) is 5.75 Å². The summed E-state index contributed by atoms with van der Waals surface area (Å²) in [4.78, 5) is 11.4. The van der Waals surface area contributed by atoms with Gasteiger partial charge in [0.05, 0.1) is 17.7 Å². The van der Waals surface area contributed by atoms with Gasteiger partial charge in [0.15, 0.2) is 0 Å². The zero-order valence-electron chi connectivity index (χ0n) is 14.1. The minimum absolute atomic E-state index is 0.0102. The first kappa shape index (κ1) is 20.2. The van der Waals surface area contributed by atoms with Crippen LogP contribution >= 0.6 is 11.6 Å². The SMILES string of the molecule is COC(=O)c1ccc(Cl)c(S(=O)(=O)N(C)CCOc2ccc(F)cc2)c1. The normalized spacial score (nSPS) is 11.4. The van der Waals surface area contributed by atoms with Crippen molar-refractivity contribution in [2.75, 3.05) is 27.3 Å². The Balaban J connectivity index is 2.10. The summed E-state index contributed by atoms with van der Waals surface area (Å²) in [5, 5.41) is -0.0102. The molecule has 9 heteroatoms. The van der Waals surface area contributed by atoms with Crippen molar-refractivity contribution in [2.45, 2.75) is 4.90 Å². The highest BCUT2D eigenvalue weighted by Gasteiger charge is 2.25. The third kappa shape index (κ3) is 4.72. The molecule has 0 aliphatic heterocycles. The maximum atomic E-state index is 12.8. The molecule has 2 aromatic carbocycles. The highest BCUT2D eigenvalue weighted by atomic mass is 35.5. The number of halogens is 2. The average Bonchev–Trinajstić information content (AvgIpc) is 2.62. The fourth-order valence-electron chi connectivity index (χ4n) is 2.06. The Hall–Kier alpha value is -2.16. The fraction of sp³-hybridized carbons (Fsp3) is 0.235. The van der Waals surface area contributed by atoms with E-state index >= 15 is 0 Å². The number of ether oxygens (including phenoxy) is 2. The van der Waals surface area contributed by atoms with Gasteiger partial charge < -0.3 is 9.47 Å². The van der Waals surface area contributed by atoms with Crippen molar-refractivity contribution in [3.05, 3.63) is 58.9 Å². The second kappa shape index (κ2) is 8.48. The van der Waals surface area contributed by atoms with E-state index in [1.807, 2.05) is 0 Å². The van der Waals surface area contributed by atoms with Gasteiger partial charge in [-0.3, -0.25) is 0 Å². The number of sulfonamides is 1. The van der Waals surface area contributed by atoms with Gasteiger partial charge in [-0.1, -0.05) is 11.6 Å². The van der Waals surface area contributed by atoms with E-state index in [-0.39, 0.29) is 28.6 Å². The van der Waals surface area contributed by atoms with E-state index in [1.165, 1.54) is 56.6 Å². The Kier molecular flexibility index (Phi) is 6.57. The standard InChI is InChI=1S/C17H17ClFNO5S/c1-20(9-10-25-14-6-4-13(19)5-7-14)26(22,23)16-11-12(17(21)24-2)3-8-15(16)18/h3-8,11H,9-10H2,1-2H3. The van der Waals surface area contributed by atoms with Gasteiger partial charge in [0.2, 0.25) is 10.0 Å². The maximum absolute atomic E-state index is 12.8. The monoisotopic (exact) mass is 401 g/mol. The molecule has 0 fully saturated rings. The number of likely N-dealkylation sites (N-methyl/N-ethyl adjacent to an activating group) is 1. The maximum Gasteiger partial charge on any atom is 0.337 e. The summed E-state index contributed by atoms with van der Waals surface area (Å²) < 4.78 is 49.3. The van der Waals surface area contributed by atoms with Gasteiger partial charge in [-0.2, -0.15) is 4.31 Å². The topological polar surface area (TPSA) is 72.9 Å². The summed E-state index contributed by atoms with van der Waals surface area (Å²) in [6.07, 6.45) is 0. The molecule has 0 aliphatic rings. The Labute approximate surface area is 156 Å². The van der Waals surface area contributed by atoms with Crippen molar-refractivity contribution in [1.82, 2.24) is 4.31 Å². The lowest BCUT2D eigenvalue weighted by Gasteiger charge is -2.18. The van der Waals surface area contributed by atoms with E-state index in [4.69, 9.17) is 16.3 Å². The molecule has 0 heterocycles. The first-order valence-electron chi connectivity index (χ1n) is 7.48. The molecule has 140 valence electrons. The lowest BCUT2D eigenvalue weighted by Crippen LogP contribution is -2.31. The number of hydrogen-bond acceptors (Lipinski definition) is 5. The third-order valence-corrected chi connectivity index (χ3v) is 5.87. The summed E-state index contributed by atoms with van der Waals surface area (Å²) in [5.41, 5.74) is 0.0754. The molecule has 6 nitrogen and oxygen atoms in total. The predicted molar refractivity (Wildman–Crippen MR) is 94.5 cm³/mol. The van der Waals surface area contributed by atoms with Crippen LogP contribution < -0.4 is 4.74 Å². The zero-order valence-corrected chi connectivity index (χ0v) is 15.7. The van der Waals surface area contributed by atoms with Gasteiger partial charge in [-0.25, -0.2) is 17.6 Å². The van der Waals surface area contributed by atoms with E-state index in [0.29, 0.717) is 5.75 Å². The molecule has 0 saturated heterocycles. The van der Waals surface area contributed by atoms with Crippen LogP contribution in [0.15, 0.2) is 47.4 Å². The average molecular weight is 402 g/mol. The summed E-state index contributed by atoms with van der Waals surface area (Å²) in [6.45, 7) is 0.0775. The van der Waals surface area contributed by atoms with Crippen molar-refractivity contribution in [3.63, 3.8) is 0 Å². The Morgan fingerprint density at radius 2 is 1.85 bits per heavy atom. The van der Waals surface area contributed by atoms with Crippen LogP contribution in [0.4, 0.5) is 4.39 Å². The molecule has 0 N–H and O–H groups in total. The number of carbonyl (C=O) groups excluding carboxylic acids is 1. The third-order valence-electron chi connectivity index (χ3n) is 3.53. The minimum Gasteiger partial charge on any atom is -0.492 e. The van der Waals surface area contributed by atoms with Gasteiger partial charge in [0.25, 0.3) is 0 Å². The van der Waals surface area contributed by atoms with Gasteiger partial charge >= 0.3 is 5.97 Å². The van der Waals surface area contributed by atoms with Crippen LogP contribution in [0.5, 0.6) is 5.75 Å². The van der Waals surface area contributed by atoms with Gasteiger partial charge in [-0.05, 0) is 42.5 Å². The van der Waals surface area contributed by atoms with E-state index in [0.717, 1.165) is 4.31 Å². The highest BCUT2D eigenvalue weighted by Crippen LogP contribution is 2.25. The van der Waals surface area contributed by atoms with Gasteiger partial charge in [0, 0.05) is 13.6 Å². The molecule has 0 radical (unpaired) electrons. The van der Waals surface area contributed by atoms with Crippen molar-refractivity contribution in [1.29, 1.82) is 0 Å². The fourth-order valence-corrected chi connectivity index (χ4v) is 3.71.